The van der Waals surface area contributed by atoms with E-state index in [9.17, 15) is 17.6 Å². The molecule has 0 atom stereocenters. The highest BCUT2D eigenvalue weighted by molar-refractivity contribution is 4.94. The molecular formula is C5H4F4N2. The molecule has 0 saturated carbocycles. The first-order valence-electron chi connectivity index (χ1n) is 2.70. The summed E-state index contributed by atoms with van der Waals surface area (Å²) in [4.78, 5) is 3.17. The van der Waals surface area contributed by atoms with E-state index in [1.807, 2.05) is 0 Å². The van der Waals surface area contributed by atoms with E-state index >= 15 is 0 Å². The first kappa shape index (κ1) is 8.03. The molecule has 11 heavy (non-hydrogen) atoms. The van der Waals surface area contributed by atoms with Crippen molar-refractivity contribution < 1.29 is 17.6 Å². The van der Waals surface area contributed by atoms with Gasteiger partial charge in [0.25, 0.3) is 0 Å². The van der Waals surface area contributed by atoms with Crippen LogP contribution in [0.4, 0.5) is 17.6 Å². The lowest BCUT2D eigenvalue weighted by atomic mass is 10.5. The van der Waals surface area contributed by atoms with Crippen LogP contribution in [0.3, 0.4) is 0 Å². The van der Waals surface area contributed by atoms with Crippen molar-refractivity contribution in [2.45, 2.75) is 13.0 Å². The quantitative estimate of drug-likeness (QED) is 0.585. The van der Waals surface area contributed by atoms with Crippen molar-refractivity contribution in [1.82, 2.24) is 9.55 Å². The zero-order valence-corrected chi connectivity index (χ0v) is 5.27. The van der Waals surface area contributed by atoms with Crippen molar-refractivity contribution >= 4 is 0 Å². The van der Waals surface area contributed by atoms with Gasteiger partial charge in [0, 0.05) is 6.20 Å². The van der Waals surface area contributed by atoms with Gasteiger partial charge < -0.3 is 0 Å². The van der Waals surface area contributed by atoms with Gasteiger partial charge in [-0.15, -0.1) is 13.2 Å². The summed E-state index contributed by atoms with van der Waals surface area (Å²) >= 11 is 0. The third kappa shape index (κ3) is 1.69. The van der Waals surface area contributed by atoms with Crippen molar-refractivity contribution in [2.75, 3.05) is 0 Å². The summed E-state index contributed by atoms with van der Waals surface area (Å²) in [5.74, 6) is 0. The summed E-state index contributed by atoms with van der Waals surface area (Å²) in [5.41, 5.74) is -0.220. The molecular weight excluding hydrogens is 164 g/mol. The Bertz CT molecular complexity index is 239. The van der Waals surface area contributed by atoms with Crippen molar-refractivity contribution in [2.24, 2.45) is 0 Å². The van der Waals surface area contributed by atoms with E-state index in [1.54, 1.807) is 0 Å². The number of nitrogens with zero attached hydrogens (tertiary/aromatic N) is 2. The van der Waals surface area contributed by atoms with Crippen molar-refractivity contribution in [3.8, 4) is 0 Å². The maximum atomic E-state index is 11.7. The summed E-state index contributed by atoms with van der Waals surface area (Å²) in [5, 5.41) is 0. The van der Waals surface area contributed by atoms with Crippen LogP contribution in [0.25, 0.3) is 0 Å². The highest BCUT2D eigenvalue weighted by Crippen LogP contribution is 2.21. The third-order valence-electron chi connectivity index (χ3n) is 1.07. The van der Waals surface area contributed by atoms with Gasteiger partial charge in [0.2, 0.25) is 0 Å². The molecule has 0 aliphatic carbocycles. The summed E-state index contributed by atoms with van der Waals surface area (Å²) < 4.78 is 46.8. The van der Waals surface area contributed by atoms with E-state index in [1.165, 1.54) is 0 Å². The second-order valence-corrected chi connectivity index (χ2v) is 1.87. The molecule has 0 bridgehead atoms. The van der Waals surface area contributed by atoms with Gasteiger partial charge in [-0.2, -0.15) is 0 Å². The van der Waals surface area contributed by atoms with Gasteiger partial charge in [-0.25, -0.2) is 13.9 Å². The van der Waals surface area contributed by atoms with Gasteiger partial charge in [0.1, 0.15) is 13.0 Å². The van der Waals surface area contributed by atoms with Crippen LogP contribution in [0.2, 0.25) is 0 Å². The maximum Gasteiger partial charge on any atom is 0.489 e. The molecule has 0 unspecified atom stereocenters. The molecule has 0 saturated heterocycles. The summed E-state index contributed by atoms with van der Waals surface area (Å²) in [6.07, 6.45) is -3.35. The molecule has 2 nitrogen and oxygen atoms in total. The van der Waals surface area contributed by atoms with Crippen LogP contribution in [-0.2, 0) is 13.0 Å². The van der Waals surface area contributed by atoms with E-state index in [4.69, 9.17) is 0 Å². The second kappa shape index (κ2) is 2.52. The van der Waals surface area contributed by atoms with Gasteiger partial charge >= 0.3 is 6.30 Å². The molecule has 1 heterocycles. The smallest absolute Gasteiger partial charge is 0.248 e. The minimum atomic E-state index is -4.50. The normalized spacial score (nSPS) is 12.0. The first-order valence-corrected chi connectivity index (χ1v) is 2.70. The fourth-order valence-corrected chi connectivity index (χ4v) is 0.571. The molecule has 0 aliphatic heterocycles. The van der Waals surface area contributed by atoms with Gasteiger partial charge in [-0.3, -0.25) is 0 Å². The van der Waals surface area contributed by atoms with E-state index in [0.717, 1.165) is 0 Å². The van der Waals surface area contributed by atoms with Gasteiger partial charge in [-0.1, -0.05) is 0 Å². The molecule has 6 heteroatoms. The molecule has 62 valence electrons. The van der Waals surface area contributed by atoms with Crippen LogP contribution in [0, 0.1) is 0 Å². The fourth-order valence-electron chi connectivity index (χ4n) is 0.571. The Labute approximate surface area is 59.5 Å². The largest absolute Gasteiger partial charge is 0.489 e. The van der Waals surface area contributed by atoms with Gasteiger partial charge in [0.05, 0.1) is 5.69 Å². The predicted molar refractivity (Wildman–Crippen MR) is 28.3 cm³/mol. The fraction of sp³-hybridized carbons (Fsp3) is 0.400. The number of aromatic nitrogens is 2. The molecule has 1 aromatic heterocycles. The Balaban J connectivity index is 2.89. The van der Waals surface area contributed by atoms with Crippen LogP contribution in [0.5, 0.6) is 0 Å². The Morgan fingerprint density at radius 3 is 2.36 bits per heavy atom. The van der Waals surface area contributed by atoms with Crippen LogP contribution in [-0.4, -0.2) is 9.55 Å². The lowest BCUT2D eigenvalue weighted by molar-refractivity contribution is -0.204. The topological polar surface area (TPSA) is 17.8 Å². The van der Waals surface area contributed by atoms with Crippen molar-refractivity contribution in [1.29, 1.82) is 0 Å². The van der Waals surface area contributed by atoms with E-state index in [-0.39, 0.29) is 10.3 Å². The van der Waals surface area contributed by atoms with E-state index in [0.29, 0.717) is 12.5 Å². The molecule has 0 N–H and O–H groups in total. The SMILES string of the molecule is FCc1cn(C(F)(F)F)cn1. The molecule has 1 rings (SSSR count). The average molecular weight is 168 g/mol. The number of alkyl halides is 4. The lowest BCUT2D eigenvalue weighted by Crippen LogP contribution is -2.13. The van der Waals surface area contributed by atoms with E-state index < -0.39 is 13.0 Å². The van der Waals surface area contributed by atoms with Crippen LogP contribution >= 0.6 is 0 Å². The van der Waals surface area contributed by atoms with Crippen LogP contribution < -0.4 is 0 Å². The van der Waals surface area contributed by atoms with Gasteiger partial charge in [-0.05, 0) is 0 Å². The minimum absolute atomic E-state index is 0.0953. The molecule has 1 aromatic rings. The zero-order valence-electron chi connectivity index (χ0n) is 5.27. The van der Waals surface area contributed by atoms with E-state index in [2.05, 4.69) is 4.98 Å². The minimum Gasteiger partial charge on any atom is -0.248 e. The Morgan fingerprint density at radius 1 is 1.45 bits per heavy atom. The first-order chi connectivity index (χ1) is 5.04. The van der Waals surface area contributed by atoms with Crippen LogP contribution in [0.1, 0.15) is 5.69 Å². The zero-order chi connectivity index (χ0) is 8.48. The number of imidazole rings is 1. The Hall–Kier alpha value is -1.07. The number of hydrogen-bond donors (Lipinski definition) is 0. The third-order valence-corrected chi connectivity index (χ3v) is 1.07. The second-order valence-electron chi connectivity index (χ2n) is 1.87. The predicted octanol–water partition coefficient (Wildman–Crippen LogP) is 1.83. The lowest BCUT2D eigenvalue weighted by Gasteiger charge is -2.04. The van der Waals surface area contributed by atoms with Crippen LogP contribution in [0.15, 0.2) is 12.5 Å². The Kier molecular flexibility index (Phi) is 1.84. The highest BCUT2D eigenvalue weighted by atomic mass is 19.4. The molecule has 0 spiro atoms. The maximum absolute atomic E-state index is 11.7. The molecule has 0 aliphatic rings. The summed E-state index contributed by atoms with van der Waals surface area (Å²) in [7, 11) is 0. The molecule has 0 radical (unpaired) electrons. The summed E-state index contributed by atoms with van der Waals surface area (Å²) in [6.45, 7) is -0.983. The molecule has 0 fully saturated rings. The van der Waals surface area contributed by atoms with Crippen molar-refractivity contribution in [3.63, 3.8) is 0 Å². The van der Waals surface area contributed by atoms with Crippen molar-refractivity contribution in [3.05, 3.63) is 18.2 Å². The summed E-state index contributed by atoms with van der Waals surface area (Å²) in [6, 6.07) is 0. The number of halogens is 4. The monoisotopic (exact) mass is 168 g/mol. The highest BCUT2D eigenvalue weighted by Gasteiger charge is 2.30. The number of hydrogen-bond acceptors (Lipinski definition) is 1. The Morgan fingerprint density at radius 2 is 2.09 bits per heavy atom. The molecule has 0 amide bonds. The standard InChI is InChI=1S/C5H4F4N2/c6-1-4-2-11(3-10-4)5(7,8)9/h2-3H,1H2. The number of rotatable bonds is 1. The molecule has 0 aromatic carbocycles. The average Bonchev–Trinajstić information content (AvgIpc) is 2.32. The van der Waals surface area contributed by atoms with Gasteiger partial charge in [0.15, 0.2) is 0 Å².